The first-order valence-electron chi connectivity index (χ1n) is 19.3. The van der Waals surface area contributed by atoms with Crippen molar-refractivity contribution < 1.29 is 33.9 Å². The zero-order valence-electron chi connectivity index (χ0n) is 32.9. The first kappa shape index (κ1) is 38.9. The highest BCUT2D eigenvalue weighted by Gasteiger charge is 2.70. The molecule has 0 heterocycles. The Hall–Kier alpha value is -2.29. The minimum atomic E-state index is -1.10. The normalized spacial score (nSPS) is 38.8. The molecule has 4 fully saturated rings. The van der Waals surface area contributed by atoms with Gasteiger partial charge in [0.05, 0.1) is 11.8 Å². The van der Waals surface area contributed by atoms with Crippen molar-refractivity contribution in [3.8, 4) is 0 Å². The maximum absolute atomic E-state index is 13.6. The van der Waals surface area contributed by atoms with Gasteiger partial charge in [-0.1, -0.05) is 54.0 Å². The van der Waals surface area contributed by atoms with Crippen LogP contribution < -0.4 is 0 Å². The fourth-order valence-corrected chi connectivity index (χ4v) is 12.6. The molecule has 0 radical (unpaired) electrons. The van der Waals surface area contributed by atoms with Gasteiger partial charge in [-0.3, -0.25) is 24.5 Å². The standard InChI is InChI=1S/C41H65NO8/c1-23(2)33-27(43)19-24-25(28(44)22-42(47)48)20-41(12)26(34(24)33)13-14-30-39(10)17-16-31(38(8,9)29(39)15-18-40(30,41)11)49-32(45)21-37(6,7)35(46)50-36(3,4)5/h23-26,28-31,44H,13-22H2,1-12H3/t24?,25-,26+,28-,29-,30+,31-,39-,40+,41+/m0/s1. The monoisotopic (exact) mass is 699 g/mol. The van der Waals surface area contributed by atoms with Crippen LogP contribution in [0, 0.1) is 72.7 Å². The van der Waals surface area contributed by atoms with E-state index in [2.05, 4.69) is 48.5 Å². The average molecular weight is 700 g/mol. The van der Waals surface area contributed by atoms with Gasteiger partial charge >= 0.3 is 11.9 Å². The minimum absolute atomic E-state index is 0.0181. The van der Waals surface area contributed by atoms with Crippen LogP contribution in [0.5, 0.6) is 0 Å². The Bertz CT molecular complexity index is 1440. The summed E-state index contributed by atoms with van der Waals surface area (Å²) in [6.07, 6.45) is 5.27. The van der Waals surface area contributed by atoms with Crippen molar-refractivity contribution in [2.24, 2.45) is 62.6 Å². The van der Waals surface area contributed by atoms with Gasteiger partial charge in [0.25, 0.3) is 0 Å². The predicted octanol–water partition coefficient (Wildman–Crippen LogP) is 8.13. The van der Waals surface area contributed by atoms with E-state index in [0.29, 0.717) is 24.7 Å². The Morgan fingerprint density at radius 2 is 1.60 bits per heavy atom. The summed E-state index contributed by atoms with van der Waals surface area (Å²) in [7, 11) is 0. The van der Waals surface area contributed by atoms with Crippen LogP contribution in [0.15, 0.2) is 11.1 Å². The number of esters is 2. The van der Waals surface area contributed by atoms with E-state index in [1.807, 2.05) is 20.8 Å². The number of rotatable bonds is 8. The van der Waals surface area contributed by atoms with Gasteiger partial charge in [0, 0.05) is 16.8 Å². The molecule has 0 bridgehead atoms. The van der Waals surface area contributed by atoms with E-state index in [4.69, 9.17) is 9.47 Å². The van der Waals surface area contributed by atoms with Crippen LogP contribution >= 0.6 is 0 Å². The van der Waals surface area contributed by atoms with Crippen LogP contribution in [-0.4, -0.2) is 52.1 Å². The number of Topliss-reactive ketones (excluding diaryl/α,β-unsaturated/α-hetero) is 1. The van der Waals surface area contributed by atoms with Gasteiger partial charge in [0.1, 0.15) is 17.8 Å². The largest absolute Gasteiger partial charge is 0.462 e. The fraction of sp³-hybridized carbons (Fsp3) is 0.878. The van der Waals surface area contributed by atoms with Crippen LogP contribution in [0.1, 0.15) is 141 Å². The van der Waals surface area contributed by atoms with E-state index in [0.717, 1.165) is 44.1 Å². The smallest absolute Gasteiger partial charge is 0.312 e. The number of nitrogens with zero attached hydrogens (tertiary/aromatic N) is 1. The van der Waals surface area contributed by atoms with Crippen molar-refractivity contribution in [1.29, 1.82) is 0 Å². The number of aliphatic hydroxyl groups is 1. The van der Waals surface area contributed by atoms with E-state index < -0.39 is 34.6 Å². The number of hydrogen-bond donors (Lipinski definition) is 1. The summed E-state index contributed by atoms with van der Waals surface area (Å²) in [5.41, 5.74) is -0.150. The molecule has 4 saturated carbocycles. The molecule has 0 amide bonds. The first-order valence-corrected chi connectivity index (χ1v) is 19.3. The number of ether oxygens (including phenoxy) is 2. The number of hydrogen-bond acceptors (Lipinski definition) is 8. The summed E-state index contributed by atoms with van der Waals surface area (Å²) >= 11 is 0. The van der Waals surface area contributed by atoms with E-state index in [-0.39, 0.29) is 69.6 Å². The van der Waals surface area contributed by atoms with Crippen molar-refractivity contribution >= 4 is 17.7 Å². The predicted molar refractivity (Wildman–Crippen MR) is 191 cm³/mol. The van der Waals surface area contributed by atoms with Crippen molar-refractivity contribution in [3.05, 3.63) is 21.3 Å². The average Bonchev–Trinajstić information content (AvgIpc) is 3.29. The Morgan fingerprint density at radius 3 is 2.18 bits per heavy atom. The molecule has 5 aliphatic carbocycles. The van der Waals surface area contributed by atoms with E-state index >= 15 is 0 Å². The maximum atomic E-state index is 13.6. The zero-order valence-corrected chi connectivity index (χ0v) is 32.9. The Morgan fingerprint density at radius 1 is 0.960 bits per heavy atom. The van der Waals surface area contributed by atoms with Gasteiger partial charge in [0.15, 0.2) is 5.78 Å². The molecule has 9 nitrogen and oxygen atoms in total. The third-order valence-corrected chi connectivity index (χ3v) is 15.0. The molecule has 0 aromatic carbocycles. The van der Waals surface area contributed by atoms with Gasteiger partial charge in [-0.25, -0.2) is 0 Å². The molecule has 0 spiro atoms. The van der Waals surface area contributed by atoms with Crippen molar-refractivity contribution in [1.82, 2.24) is 0 Å². The van der Waals surface area contributed by atoms with E-state index in [1.165, 1.54) is 5.57 Å². The minimum Gasteiger partial charge on any atom is -0.462 e. The number of carbonyl (C=O) groups excluding carboxylic acids is 3. The molecular weight excluding hydrogens is 634 g/mol. The number of fused-ring (bicyclic) bond motifs is 7. The second-order valence-electron chi connectivity index (χ2n) is 20.2. The molecule has 50 heavy (non-hydrogen) atoms. The van der Waals surface area contributed by atoms with E-state index in [1.54, 1.807) is 13.8 Å². The molecule has 5 rings (SSSR count). The second kappa shape index (κ2) is 12.7. The number of allylic oxidation sites excluding steroid dienone is 2. The summed E-state index contributed by atoms with van der Waals surface area (Å²) in [5.74, 6) is -0.0816. The van der Waals surface area contributed by atoms with Crippen molar-refractivity contribution in [3.63, 3.8) is 0 Å². The Labute approximate surface area is 300 Å². The highest BCUT2D eigenvalue weighted by molar-refractivity contribution is 6.00. The summed E-state index contributed by atoms with van der Waals surface area (Å²) in [5, 5.41) is 23.1. The highest BCUT2D eigenvalue weighted by Crippen LogP contribution is 2.76. The lowest BCUT2D eigenvalue weighted by Crippen LogP contribution is -2.66. The summed E-state index contributed by atoms with van der Waals surface area (Å²) in [6, 6.07) is 0. The molecule has 10 atom stereocenters. The van der Waals surface area contributed by atoms with Gasteiger partial charge in [-0.2, -0.15) is 0 Å². The van der Waals surface area contributed by atoms with Crippen LogP contribution in [0.3, 0.4) is 0 Å². The van der Waals surface area contributed by atoms with Crippen molar-refractivity contribution in [2.75, 3.05) is 6.54 Å². The van der Waals surface area contributed by atoms with Gasteiger partial charge in [-0.15, -0.1) is 0 Å². The molecular formula is C41H65NO8. The van der Waals surface area contributed by atoms with Gasteiger partial charge < -0.3 is 14.6 Å². The third-order valence-electron chi connectivity index (χ3n) is 15.0. The highest BCUT2D eigenvalue weighted by atomic mass is 16.6. The number of aliphatic hydroxyl groups excluding tert-OH is 1. The molecule has 0 aromatic heterocycles. The lowest BCUT2D eigenvalue weighted by Gasteiger charge is -2.72. The molecule has 1 unspecified atom stereocenters. The molecule has 9 heteroatoms. The first-order chi connectivity index (χ1) is 22.8. The van der Waals surface area contributed by atoms with Crippen molar-refractivity contribution in [2.45, 2.75) is 159 Å². The van der Waals surface area contributed by atoms with Gasteiger partial charge in [-0.05, 0) is 137 Å². The SMILES string of the molecule is CC(C)C1=C2C(CC1=O)[C@@H]([C@@H](O)C[N+](=O)[O-])C[C@]1(C)[C@@H]2CC[C@@H]2[C@@]3(C)CC[C@H](OC(=O)CC(C)(C)C(=O)OC(C)(C)C)C(C)(C)[C@@H]3CC[C@]21C. The zero-order chi connectivity index (χ0) is 37.6. The Balaban J connectivity index is 1.43. The number of ketones is 1. The molecule has 1 N–H and O–H groups in total. The second-order valence-corrected chi connectivity index (χ2v) is 20.2. The number of carbonyl (C=O) groups is 3. The maximum Gasteiger partial charge on any atom is 0.312 e. The third kappa shape index (κ3) is 6.27. The van der Waals surface area contributed by atoms with Crippen LogP contribution in [0.25, 0.3) is 0 Å². The van der Waals surface area contributed by atoms with Crippen LogP contribution in [-0.2, 0) is 23.9 Å². The molecule has 5 aliphatic rings. The number of nitro groups is 1. The van der Waals surface area contributed by atoms with Crippen LogP contribution in [0.2, 0.25) is 0 Å². The fourth-order valence-electron chi connectivity index (χ4n) is 12.6. The summed E-state index contributed by atoms with van der Waals surface area (Å²) < 4.78 is 11.9. The summed E-state index contributed by atoms with van der Waals surface area (Å²) in [4.78, 5) is 51.1. The molecule has 0 aromatic rings. The Kier molecular flexibility index (Phi) is 9.88. The molecule has 0 saturated heterocycles. The van der Waals surface area contributed by atoms with Gasteiger partial charge in [0.2, 0.25) is 6.54 Å². The lowest BCUT2D eigenvalue weighted by molar-refractivity contribution is -0.493. The quantitative estimate of drug-likeness (QED) is 0.153. The lowest BCUT2D eigenvalue weighted by atomic mass is 9.33. The van der Waals surface area contributed by atoms with Crippen LogP contribution in [0.4, 0.5) is 0 Å². The topological polar surface area (TPSA) is 133 Å². The summed E-state index contributed by atoms with van der Waals surface area (Å²) in [6.45, 7) is 24.4. The van der Waals surface area contributed by atoms with E-state index in [9.17, 15) is 29.6 Å². The molecule has 0 aliphatic heterocycles. The molecule has 282 valence electrons.